The molecule has 1 N–H and O–H groups in total. The zero-order valence-corrected chi connectivity index (χ0v) is 24.1. The van der Waals surface area contributed by atoms with E-state index in [1.54, 1.807) is 34.1 Å². The molecule has 0 unspecified atom stereocenters. The molecule has 3 aliphatic rings. The van der Waals surface area contributed by atoms with Crippen molar-refractivity contribution in [1.82, 2.24) is 24.2 Å². The SMILES string of the molecule is C[C@@H]1c2ccsc2CCN1C(=O)c1cc(C2CC2)n2nc(-c3ccc([C@H]4C[C@@H]4C(=O)NS(C)(=O)=O)cc3F)cc2n1. The molecule has 2 aliphatic carbocycles. The van der Waals surface area contributed by atoms with Crippen LogP contribution in [0.4, 0.5) is 4.39 Å². The third kappa shape index (κ3) is 4.82. The van der Waals surface area contributed by atoms with Gasteiger partial charge in [-0.3, -0.25) is 14.3 Å². The quantitative estimate of drug-likeness (QED) is 0.354. The Hall–Kier alpha value is -3.64. The van der Waals surface area contributed by atoms with E-state index in [-0.39, 0.29) is 23.8 Å². The normalized spacial score (nSPS) is 22.0. The Labute approximate surface area is 240 Å². The summed E-state index contributed by atoms with van der Waals surface area (Å²) in [5.74, 6) is -1.63. The first-order valence-corrected chi connectivity index (χ1v) is 16.4. The number of carbonyl (C=O) groups is 2. The summed E-state index contributed by atoms with van der Waals surface area (Å²) in [6.45, 7) is 2.69. The molecule has 9 nitrogen and oxygen atoms in total. The van der Waals surface area contributed by atoms with Gasteiger partial charge in [0.1, 0.15) is 11.5 Å². The average molecular weight is 594 g/mol. The highest BCUT2D eigenvalue weighted by Crippen LogP contribution is 2.48. The second kappa shape index (κ2) is 9.45. The minimum Gasteiger partial charge on any atom is -0.330 e. The summed E-state index contributed by atoms with van der Waals surface area (Å²) in [6.07, 6.45) is 4.22. The topological polar surface area (TPSA) is 114 Å². The smallest absolute Gasteiger partial charge is 0.273 e. The Bertz CT molecular complexity index is 1840. The van der Waals surface area contributed by atoms with Crippen molar-refractivity contribution in [2.45, 2.75) is 50.5 Å². The number of halogens is 1. The molecule has 212 valence electrons. The summed E-state index contributed by atoms with van der Waals surface area (Å²) in [5.41, 5.74) is 4.30. The molecule has 3 aromatic heterocycles. The van der Waals surface area contributed by atoms with Crippen molar-refractivity contribution in [2.24, 2.45) is 5.92 Å². The zero-order chi connectivity index (χ0) is 28.6. The van der Waals surface area contributed by atoms with Gasteiger partial charge in [-0.1, -0.05) is 6.07 Å². The van der Waals surface area contributed by atoms with Crippen LogP contribution < -0.4 is 4.72 Å². The molecule has 41 heavy (non-hydrogen) atoms. The number of hydrogen-bond acceptors (Lipinski definition) is 7. The van der Waals surface area contributed by atoms with Gasteiger partial charge in [-0.15, -0.1) is 11.3 Å². The van der Waals surface area contributed by atoms with Crippen LogP contribution in [0.15, 0.2) is 41.8 Å². The number of hydrogen-bond donors (Lipinski definition) is 1. The third-order valence-electron chi connectivity index (χ3n) is 8.32. The number of fused-ring (bicyclic) bond motifs is 2. The molecule has 0 saturated heterocycles. The van der Waals surface area contributed by atoms with E-state index in [9.17, 15) is 18.0 Å². The van der Waals surface area contributed by atoms with E-state index in [1.165, 1.54) is 16.5 Å². The van der Waals surface area contributed by atoms with Crippen LogP contribution in [0.3, 0.4) is 0 Å². The number of carbonyl (C=O) groups excluding carboxylic acids is 2. The Morgan fingerprint density at radius 2 is 1.95 bits per heavy atom. The number of amides is 2. The van der Waals surface area contributed by atoms with E-state index in [1.807, 2.05) is 22.6 Å². The fourth-order valence-electron chi connectivity index (χ4n) is 5.92. The minimum atomic E-state index is -3.64. The third-order valence-corrected chi connectivity index (χ3v) is 9.89. The molecule has 4 heterocycles. The van der Waals surface area contributed by atoms with Crippen molar-refractivity contribution in [1.29, 1.82) is 0 Å². The van der Waals surface area contributed by atoms with Gasteiger partial charge in [0.2, 0.25) is 15.9 Å². The summed E-state index contributed by atoms with van der Waals surface area (Å²) in [4.78, 5) is 33.7. The Morgan fingerprint density at radius 3 is 2.68 bits per heavy atom. The van der Waals surface area contributed by atoms with Gasteiger partial charge in [-0.2, -0.15) is 5.10 Å². The zero-order valence-electron chi connectivity index (χ0n) is 22.5. The highest BCUT2D eigenvalue weighted by atomic mass is 32.2. The Balaban J connectivity index is 1.18. The number of thiophene rings is 1. The first-order valence-electron chi connectivity index (χ1n) is 13.7. The number of benzene rings is 1. The van der Waals surface area contributed by atoms with Gasteiger partial charge in [-0.05, 0) is 79.3 Å². The van der Waals surface area contributed by atoms with Crippen LogP contribution in [0, 0.1) is 11.7 Å². The molecule has 1 aliphatic heterocycles. The van der Waals surface area contributed by atoms with E-state index in [4.69, 9.17) is 0 Å². The highest BCUT2D eigenvalue weighted by Gasteiger charge is 2.45. The van der Waals surface area contributed by atoms with Gasteiger partial charge in [0, 0.05) is 40.6 Å². The molecular weight excluding hydrogens is 565 g/mol. The van der Waals surface area contributed by atoms with Gasteiger partial charge in [-0.25, -0.2) is 22.3 Å². The molecule has 1 aromatic carbocycles. The van der Waals surface area contributed by atoms with Crippen LogP contribution in [0.25, 0.3) is 16.9 Å². The van der Waals surface area contributed by atoms with Crippen molar-refractivity contribution >= 4 is 38.8 Å². The first-order chi connectivity index (χ1) is 19.6. The molecule has 0 spiro atoms. The monoisotopic (exact) mass is 593 g/mol. The highest BCUT2D eigenvalue weighted by molar-refractivity contribution is 7.89. The van der Waals surface area contributed by atoms with Crippen molar-refractivity contribution < 1.29 is 22.4 Å². The van der Waals surface area contributed by atoms with Crippen molar-refractivity contribution in [3.8, 4) is 11.3 Å². The lowest BCUT2D eigenvalue weighted by atomic mass is 10.0. The summed E-state index contributed by atoms with van der Waals surface area (Å²) in [5, 5.41) is 6.76. The van der Waals surface area contributed by atoms with E-state index in [0.29, 0.717) is 41.1 Å². The molecule has 0 bridgehead atoms. The number of aromatic nitrogens is 3. The standard InChI is InChI=1S/C29H28FN5O4S2/c1-15-18-8-10-40-26(18)7-9-34(15)29(37)24-13-25(16-3-4-16)35-27(31-24)14-23(32-35)19-6-5-17(11-22(19)30)20-12-21(20)28(36)33-41(2,38)39/h5-6,8,10-11,13-16,20-21H,3-4,7,9,12H2,1-2H3,(H,33,36)/t15-,20-,21+/m1/s1. The first kappa shape index (κ1) is 26.3. The fraction of sp³-hybridized carbons (Fsp3) is 0.379. The predicted octanol–water partition coefficient (Wildman–Crippen LogP) is 4.41. The largest absolute Gasteiger partial charge is 0.330 e. The number of rotatable bonds is 6. The average Bonchev–Trinajstić information content (AvgIpc) is 3.83. The van der Waals surface area contributed by atoms with Crippen LogP contribution in [-0.4, -0.2) is 52.5 Å². The number of nitrogens with one attached hydrogen (secondary N) is 1. The molecule has 12 heteroatoms. The molecule has 2 amide bonds. The van der Waals surface area contributed by atoms with Crippen LogP contribution in [-0.2, 0) is 21.2 Å². The van der Waals surface area contributed by atoms with E-state index >= 15 is 4.39 Å². The maximum absolute atomic E-state index is 15.4. The molecular formula is C29H28FN5O4S2. The van der Waals surface area contributed by atoms with Crippen LogP contribution in [0.5, 0.6) is 0 Å². The lowest BCUT2D eigenvalue weighted by molar-refractivity contribution is -0.120. The summed E-state index contributed by atoms with van der Waals surface area (Å²) < 4.78 is 41.9. The lowest BCUT2D eigenvalue weighted by Crippen LogP contribution is -2.38. The van der Waals surface area contributed by atoms with Gasteiger partial charge < -0.3 is 4.90 Å². The fourth-order valence-corrected chi connectivity index (χ4v) is 7.40. The minimum absolute atomic E-state index is 0.0310. The summed E-state index contributed by atoms with van der Waals surface area (Å²) in [7, 11) is -3.64. The van der Waals surface area contributed by atoms with Crippen molar-refractivity contribution in [2.75, 3.05) is 12.8 Å². The van der Waals surface area contributed by atoms with E-state index in [0.717, 1.165) is 31.2 Å². The van der Waals surface area contributed by atoms with Gasteiger partial charge in [0.25, 0.3) is 5.91 Å². The Morgan fingerprint density at radius 1 is 1.15 bits per heavy atom. The van der Waals surface area contributed by atoms with E-state index in [2.05, 4.69) is 21.5 Å². The number of nitrogens with zero attached hydrogens (tertiary/aromatic N) is 4. The maximum Gasteiger partial charge on any atom is 0.273 e. The summed E-state index contributed by atoms with van der Waals surface area (Å²) >= 11 is 1.73. The molecule has 0 radical (unpaired) electrons. The molecule has 7 rings (SSSR count). The molecule has 4 aromatic rings. The van der Waals surface area contributed by atoms with Crippen molar-refractivity contribution in [3.05, 3.63) is 75.0 Å². The predicted molar refractivity (Wildman–Crippen MR) is 152 cm³/mol. The van der Waals surface area contributed by atoms with Crippen LogP contribution in [0.2, 0.25) is 0 Å². The van der Waals surface area contributed by atoms with Gasteiger partial charge in [0.15, 0.2) is 5.65 Å². The van der Waals surface area contributed by atoms with Crippen LogP contribution in [0.1, 0.15) is 76.3 Å². The van der Waals surface area contributed by atoms with Crippen molar-refractivity contribution in [3.63, 3.8) is 0 Å². The number of sulfonamides is 1. The summed E-state index contributed by atoms with van der Waals surface area (Å²) in [6, 6.07) is 10.4. The molecule has 2 fully saturated rings. The second-order valence-corrected chi connectivity index (χ2v) is 14.0. The Kier molecular flexibility index (Phi) is 6.06. The van der Waals surface area contributed by atoms with Crippen LogP contribution >= 0.6 is 11.3 Å². The second-order valence-electron chi connectivity index (χ2n) is 11.3. The van der Waals surface area contributed by atoms with Gasteiger partial charge >= 0.3 is 0 Å². The lowest BCUT2D eigenvalue weighted by Gasteiger charge is -2.33. The maximum atomic E-state index is 15.4. The van der Waals surface area contributed by atoms with Gasteiger partial charge in [0.05, 0.1) is 18.0 Å². The molecule has 3 atom stereocenters. The molecule has 2 saturated carbocycles. The van der Waals surface area contributed by atoms with E-state index < -0.39 is 27.7 Å².